The molecule has 0 unspecified atom stereocenters. The number of methoxy groups -OCH3 is 1. The maximum atomic E-state index is 13.2. The lowest BCUT2D eigenvalue weighted by atomic mass is 10.00. The number of carboxylic acids is 1. The highest BCUT2D eigenvalue weighted by Gasteiger charge is 2.76. The van der Waals surface area contributed by atoms with Crippen LogP contribution in [0.4, 0.5) is 4.39 Å². The molecule has 1 fully saturated rings. The van der Waals surface area contributed by atoms with Gasteiger partial charge in [0.25, 0.3) is 0 Å². The predicted octanol–water partition coefficient (Wildman–Crippen LogP) is 2.48. The van der Waals surface area contributed by atoms with Crippen LogP contribution in [0.15, 0.2) is 59.5 Å². The molecule has 0 aliphatic heterocycles. The van der Waals surface area contributed by atoms with E-state index < -0.39 is 38.2 Å². The van der Waals surface area contributed by atoms with Gasteiger partial charge in [-0.05, 0) is 29.8 Å². The van der Waals surface area contributed by atoms with Crippen molar-refractivity contribution in [3.05, 3.63) is 66.0 Å². The molecule has 25 heavy (non-hydrogen) atoms. The minimum atomic E-state index is -3.90. The summed E-state index contributed by atoms with van der Waals surface area (Å²) in [5, 5.41) is 8.61. The molecule has 0 bridgehead atoms. The Balaban J connectivity index is 2.12. The second kappa shape index (κ2) is 6.24. The summed E-state index contributed by atoms with van der Waals surface area (Å²) in [6, 6.07) is 13.0. The number of benzene rings is 2. The van der Waals surface area contributed by atoms with Crippen LogP contribution in [0, 0.1) is 11.2 Å². The zero-order valence-corrected chi connectivity index (χ0v) is 14.2. The molecule has 3 rings (SSSR count). The van der Waals surface area contributed by atoms with Crippen LogP contribution in [0.5, 0.6) is 0 Å². The smallest absolute Gasteiger partial charge is 0.314 e. The summed E-state index contributed by atoms with van der Waals surface area (Å²) in [4.78, 5) is 12.1. The third-order valence-corrected chi connectivity index (χ3v) is 6.96. The van der Waals surface area contributed by atoms with Crippen molar-refractivity contribution in [3.8, 4) is 0 Å². The Morgan fingerprint density at radius 1 is 1.16 bits per heavy atom. The molecule has 0 saturated heterocycles. The number of carboxylic acid groups (broad SMARTS) is 1. The molecule has 0 radical (unpaired) electrons. The van der Waals surface area contributed by atoms with E-state index in [1.165, 1.54) is 43.5 Å². The second-order valence-corrected chi connectivity index (χ2v) is 8.16. The van der Waals surface area contributed by atoms with Crippen LogP contribution in [0.25, 0.3) is 0 Å². The summed E-state index contributed by atoms with van der Waals surface area (Å²) in [7, 11) is -2.57. The summed E-state index contributed by atoms with van der Waals surface area (Å²) >= 11 is 0. The van der Waals surface area contributed by atoms with Crippen LogP contribution in [0.2, 0.25) is 0 Å². The van der Waals surface area contributed by atoms with Crippen molar-refractivity contribution in [2.24, 2.45) is 5.41 Å². The molecule has 0 spiro atoms. The number of hydrogen-bond donors (Lipinski definition) is 1. The van der Waals surface area contributed by atoms with E-state index in [-0.39, 0.29) is 11.5 Å². The van der Waals surface area contributed by atoms with E-state index in [1.54, 1.807) is 18.2 Å². The third kappa shape index (κ3) is 2.73. The van der Waals surface area contributed by atoms with Gasteiger partial charge in [-0.3, -0.25) is 4.79 Å². The van der Waals surface area contributed by atoms with E-state index in [0.29, 0.717) is 5.56 Å². The Morgan fingerprint density at radius 2 is 1.76 bits per heavy atom. The molecule has 2 aromatic rings. The van der Waals surface area contributed by atoms with Crippen LogP contribution in [0.3, 0.4) is 0 Å². The fourth-order valence-corrected chi connectivity index (χ4v) is 5.87. The van der Waals surface area contributed by atoms with Gasteiger partial charge < -0.3 is 9.84 Å². The van der Waals surface area contributed by atoms with Crippen molar-refractivity contribution in [2.75, 3.05) is 13.7 Å². The quantitative estimate of drug-likeness (QED) is 0.852. The number of rotatable bonds is 6. The minimum absolute atomic E-state index is 0.0614. The van der Waals surface area contributed by atoms with Crippen molar-refractivity contribution in [3.63, 3.8) is 0 Å². The van der Waals surface area contributed by atoms with Crippen LogP contribution in [0.1, 0.15) is 11.5 Å². The molecule has 0 amide bonds. The molecule has 3 atom stereocenters. The van der Waals surface area contributed by atoms with Crippen molar-refractivity contribution < 1.29 is 27.4 Å². The topological polar surface area (TPSA) is 80.7 Å². The average Bonchev–Trinajstić information content (AvgIpc) is 3.28. The van der Waals surface area contributed by atoms with Gasteiger partial charge in [-0.1, -0.05) is 30.3 Å². The van der Waals surface area contributed by atoms with Gasteiger partial charge in [0.15, 0.2) is 9.84 Å². The van der Waals surface area contributed by atoms with E-state index in [2.05, 4.69) is 0 Å². The van der Waals surface area contributed by atoms with Gasteiger partial charge in [0, 0.05) is 13.0 Å². The van der Waals surface area contributed by atoms with Gasteiger partial charge in [0.2, 0.25) is 0 Å². The zero-order valence-electron chi connectivity index (χ0n) is 13.4. The Morgan fingerprint density at radius 3 is 2.28 bits per heavy atom. The van der Waals surface area contributed by atoms with E-state index in [4.69, 9.17) is 4.74 Å². The molecule has 1 aliphatic rings. The molecule has 1 aliphatic carbocycles. The summed E-state index contributed by atoms with van der Waals surface area (Å²) in [6.45, 7) is -0.249. The number of halogens is 1. The van der Waals surface area contributed by atoms with Gasteiger partial charge in [-0.25, -0.2) is 12.8 Å². The molecule has 0 aromatic heterocycles. The Labute approximate surface area is 145 Å². The van der Waals surface area contributed by atoms with Gasteiger partial charge in [-0.2, -0.15) is 0 Å². The van der Waals surface area contributed by atoms with Crippen molar-refractivity contribution in [1.29, 1.82) is 0 Å². The monoisotopic (exact) mass is 364 g/mol. The molecule has 1 N–H and O–H groups in total. The highest BCUT2D eigenvalue weighted by Crippen LogP contribution is 2.64. The summed E-state index contributed by atoms with van der Waals surface area (Å²) < 4.78 is 44.3. The lowest BCUT2D eigenvalue weighted by molar-refractivity contribution is -0.145. The van der Waals surface area contributed by atoms with Crippen LogP contribution in [-0.2, 0) is 19.4 Å². The first-order valence-electron chi connectivity index (χ1n) is 7.62. The second-order valence-electron chi connectivity index (χ2n) is 6.09. The van der Waals surface area contributed by atoms with Crippen LogP contribution in [-0.4, -0.2) is 38.5 Å². The standard InChI is InChI=1S/C18H17FO5S/c1-24-11-18(17(20)21)15(12-7-9-13(19)10-8-12)16(18)25(22,23)14-5-3-2-4-6-14/h2-10,15-16H,11H2,1H3,(H,20,21)/t15-,16-,18+/m0/s1. The Hall–Kier alpha value is -2.25. The first-order chi connectivity index (χ1) is 11.9. The fraction of sp³-hybridized carbons (Fsp3) is 0.278. The van der Waals surface area contributed by atoms with E-state index >= 15 is 0 Å². The van der Waals surface area contributed by atoms with Gasteiger partial charge in [0.1, 0.15) is 11.2 Å². The predicted molar refractivity (Wildman–Crippen MR) is 88.5 cm³/mol. The molecular weight excluding hydrogens is 347 g/mol. The Kier molecular flexibility index (Phi) is 4.38. The Bertz CT molecular complexity index is 879. The maximum Gasteiger partial charge on any atom is 0.314 e. The van der Waals surface area contributed by atoms with E-state index in [0.717, 1.165) is 0 Å². The minimum Gasteiger partial charge on any atom is -0.481 e. The van der Waals surface area contributed by atoms with Crippen molar-refractivity contribution in [1.82, 2.24) is 0 Å². The lowest BCUT2D eigenvalue weighted by Gasteiger charge is -2.12. The van der Waals surface area contributed by atoms with E-state index in [1.807, 2.05) is 0 Å². The number of ether oxygens (including phenoxy) is 1. The van der Waals surface area contributed by atoms with Gasteiger partial charge >= 0.3 is 5.97 Å². The summed E-state index contributed by atoms with van der Waals surface area (Å²) in [5.41, 5.74) is -1.13. The van der Waals surface area contributed by atoms with Gasteiger partial charge in [0.05, 0.1) is 16.8 Å². The molecule has 0 heterocycles. The fourth-order valence-electron chi connectivity index (χ4n) is 3.49. The van der Waals surface area contributed by atoms with Crippen molar-refractivity contribution >= 4 is 15.8 Å². The van der Waals surface area contributed by atoms with Crippen LogP contribution < -0.4 is 0 Å². The molecule has 132 valence electrons. The normalized spacial score (nSPS) is 25.5. The number of aliphatic carboxylic acids is 1. The molecule has 2 aromatic carbocycles. The number of carbonyl (C=O) groups is 1. The summed E-state index contributed by atoms with van der Waals surface area (Å²) in [6.07, 6.45) is 0. The van der Waals surface area contributed by atoms with Crippen LogP contribution >= 0.6 is 0 Å². The first-order valence-corrected chi connectivity index (χ1v) is 9.17. The highest BCUT2D eigenvalue weighted by molar-refractivity contribution is 7.92. The molecule has 1 saturated carbocycles. The van der Waals surface area contributed by atoms with E-state index in [9.17, 15) is 22.7 Å². The zero-order chi connectivity index (χ0) is 18.2. The molecule has 5 nitrogen and oxygen atoms in total. The van der Waals surface area contributed by atoms with Crippen molar-refractivity contribution in [2.45, 2.75) is 16.1 Å². The maximum absolute atomic E-state index is 13.2. The average molecular weight is 364 g/mol. The summed E-state index contributed by atoms with van der Waals surface area (Å²) in [5.74, 6) is -2.52. The number of hydrogen-bond acceptors (Lipinski definition) is 4. The third-order valence-electron chi connectivity index (χ3n) is 4.67. The SMILES string of the molecule is COC[C@@]1(C(=O)O)[C@@H](c2ccc(F)cc2)[C@@H]1S(=O)(=O)c1ccccc1. The first kappa shape index (κ1) is 17.6. The lowest BCUT2D eigenvalue weighted by Crippen LogP contribution is -2.28. The largest absolute Gasteiger partial charge is 0.481 e. The highest BCUT2D eigenvalue weighted by atomic mass is 32.2. The molecular formula is C18H17FO5S. The molecule has 7 heteroatoms. The number of sulfone groups is 1. The van der Waals surface area contributed by atoms with Gasteiger partial charge in [-0.15, -0.1) is 0 Å².